The molecule has 0 fully saturated rings. The van der Waals surface area contributed by atoms with Crippen molar-refractivity contribution in [1.82, 2.24) is 15.0 Å². The van der Waals surface area contributed by atoms with E-state index in [-0.39, 0.29) is 24.1 Å². The molecule has 10 heteroatoms. The van der Waals surface area contributed by atoms with Crippen LogP contribution in [0.25, 0.3) is 10.9 Å². The van der Waals surface area contributed by atoms with Gasteiger partial charge in [-0.25, -0.2) is 4.98 Å². The maximum absolute atomic E-state index is 13.3. The van der Waals surface area contributed by atoms with Crippen LogP contribution in [-0.2, 0) is 6.18 Å². The molecule has 154 valence electrons. The number of halogens is 5. The van der Waals surface area contributed by atoms with Gasteiger partial charge < -0.3 is 10.1 Å². The van der Waals surface area contributed by atoms with E-state index in [4.69, 9.17) is 16.3 Å². The number of aromatic nitrogens is 3. The van der Waals surface area contributed by atoms with Crippen LogP contribution in [0.1, 0.15) is 29.7 Å². The largest absolute Gasteiger partial charge is 0.462 e. The van der Waals surface area contributed by atoms with Crippen molar-refractivity contribution in [3.05, 3.63) is 51.8 Å². The molecule has 0 saturated heterocycles. The van der Waals surface area contributed by atoms with Crippen LogP contribution in [0.15, 0.2) is 35.1 Å². The first-order valence-corrected chi connectivity index (χ1v) is 9.98. The molecule has 2 aromatic heterocycles. The van der Waals surface area contributed by atoms with Gasteiger partial charge in [-0.1, -0.05) is 12.1 Å². The van der Waals surface area contributed by atoms with Crippen molar-refractivity contribution in [1.29, 1.82) is 0 Å². The van der Waals surface area contributed by atoms with E-state index in [0.717, 1.165) is 6.07 Å². The summed E-state index contributed by atoms with van der Waals surface area (Å²) in [4.78, 5) is 12.8. The molecule has 1 aromatic carbocycles. The van der Waals surface area contributed by atoms with E-state index in [1.807, 2.05) is 0 Å². The summed E-state index contributed by atoms with van der Waals surface area (Å²) in [7, 11) is 0. The molecule has 0 saturated carbocycles. The van der Waals surface area contributed by atoms with E-state index in [0.29, 0.717) is 26.9 Å². The molecule has 1 N–H and O–H groups in total. The van der Waals surface area contributed by atoms with Gasteiger partial charge in [-0.2, -0.15) is 23.1 Å². The monoisotopic (exact) mass is 488 g/mol. The molecular formula is C19H17BrClF3N4O. The average Bonchev–Trinajstić information content (AvgIpc) is 2.66. The predicted octanol–water partition coefficient (Wildman–Crippen LogP) is 5.91. The number of hydrogen-bond acceptors (Lipinski definition) is 5. The molecule has 2 heterocycles. The molecule has 0 aliphatic carbocycles. The Morgan fingerprint density at radius 3 is 2.72 bits per heavy atom. The smallest absolute Gasteiger partial charge is 0.416 e. The van der Waals surface area contributed by atoms with Crippen molar-refractivity contribution in [3.63, 3.8) is 0 Å². The van der Waals surface area contributed by atoms with Crippen LogP contribution in [0.3, 0.4) is 0 Å². The minimum absolute atomic E-state index is 0.109. The zero-order valence-corrected chi connectivity index (χ0v) is 17.9. The molecule has 3 aromatic rings. The fourth-order valence-corrected chi connectivity index (χ4v) is 3.41. The van der Waals surface area contributed by atoms with Gasteiger partial charge in [0.05, 0.1) is 29.2 Å². The molecule has 29 heavy (non-hydrogen) atoms. The first-order chi connectivity index (χ1) is 13.7. The Hall–Kier alpha value is -2.13. The Labute approximate surface area is 178 Å². The lowest BCUT2D eigenvalue weighted by Crippen LogP contribution is -2.15. The lowest BCUT2D eigenvalue weighted by Gasteiger charge is -2.21. The normalized spacial score (nSPS) is 12.8. The topological polar surface area (TPSA) is 59.9 Å². The fourth-order valence-electron chi connectivity index (χ4n) is 3.00. The van der Waals surface area contributed by atoms with Crippen LogP contribution in [0.2, 0.25) is 0 Å². The van der Waals surface area contributed by atoms with Crippen LogP contribution in [0, 0.1) is 6.92 Å². The summed E-state index contributed by atoms with van der Waals surface area (Å²) in [6.45, 7) is 3.45. The summed E-state index contributed by atoms with van der Waals surface area (Å²) >= 11 is 8.97. The zero-order chi connectivity index (χ0) is 21.2. The molecule has 3 rings (SSSR count). The van der Waals surface area contributed by atoms with E-state index in [1.165, 1.54) is 13.0 Å². The molecular weight excluding hydrogens is 473 g/mol. The van der Waals surface area contributed by atoms with Crippen LogP contribution in [0.4, 0.5) is 19.0 Å². The molecule has 0 unspecified atom stereocenters. The van der Waals surface area contributed by atoms with Gasteiger partial charge in [0.1, 0.15) is 17.0 Å². The lowest BCUT2D eigenvalue weighted by molar-refractivity contribution is -0.138. The van der Waals surface area contributed by atoms with Crippen molar-refractivity contribution >= 4 is 44.3 Å². The van der Waals surface area contributed by atoms with Gasteiger partial charge in [-0.05, 0) is 53.0 Å². The average molecular weight is 490 g/mol. The Kier molecular flexibility index (Phi) is 6.48. The van der Waals surface area contributed by atoms with Crippen LogP contribution < -0.4 is 10.1 Å². The van der Waals surface area contributed by atoms with Gasteiger partial charge in [0.15, 0.2) is 0 Å². The van der Waals surface area contributed by atoms with E-state index >= 15 is 0 Å². The molecule has 0 radical (unpaired) electrons. The number of nitrogens with one attached hydrogen (secondary N) is 1. The first kappa shape index (κ1) is 21.6. The predicted molar refractivity (Wildman–Crippen MR) is 109 cm³/mol. The molecule has 1 atom stereocenters. The molecule has 0 aliphatic heterocycles. The van der Waals surface area contributed by atoms with Crippen molar-refractivity contribution in [2.24, 2.45) is 0 Å². The Morgan fingerprint density at radius 2 is 2.03 bits per heavy atom. The highest BCUT2D eigenvalue weighted by molar-refractivity contribution is 9.10. The lowest BCUT2D eigenvalue weighted by atomic mass is 9.97. The minimum Gasteiger partial charge on any atom is -0.462 e. The third kappa shape index (κ3) is 4.90. The van der Waals surface area contributed by atoms with Gasteiger partial charge in [-0.3, -0.25) is 0 Å². The highest BCUT2D eigenvalue weighted by atomic mass is 79.9. The maximum Gasteiger partial charge on any atom is 0.416 e. The van der Waals surface area contributed by atoms with Crippen molar-refractivity contribution in [2.45, 2.75) is 26.1 Å². The molecule has 0 aliphatic rings. The summed E-state index contributed by atoms with van der Waals surface area (Å²) in [5.74, 6) is 0.690. The number of ether oxygens (including phenoxy) is 1. The van der Waals surface area contributed by atoms with Gasteiger partial charge >= 0.3 is 12.2 Å². The number of hydrogen-bond donors (Lipinski definition) is 1. The fraction of sp³-hybridized carbons (Fsp3) is 0.316. The number of alkyl halides is 4. The number of fused-ring (bicyclic) bond motifs is 1. The van der Waals surface area contributed by atoms with Crippen LogP contribution in [-0.4, -0.2) is 27.4 Å². The quantitative estimate of drug-likeness (QED) is 0.345. The number of anilines is 1. The van der Waals surface area contributed by atoms with Crippen molar-refractivity contribution < 1.29 is 17.9 Å². The van der Waals surface area contributed by atoms with E-state index in [1.54, 1.807) is 25.3 Å². The number of rotatable bonds is 6. The standard InChI is InChI=1S/C19H17BrClF3N4O/c1-10-12(4-3-5-14(10)19(22,23)24)11(2)26-17-13-8-16(20)25-9-15(13)27-18(28-17)29-7-6-21/h3-5,8-9,11H,6-7H2,1-2H3,(H,26,27,28)/t11-/m1/s1. The summed E-state index contributed by atoms with van der Waals surface area (Å²) in [5, 5.41) is 3.84. The molecule has 0 bridgehead atoms. The summed E-state index contributed by atoms with van der Waals surface area (Å²) in [6, 6.07) is 5.52. The summed E-state index contributed by atoms with van der Waals surface area (Å²) < 4.78 is 45.8. The second-order valence-electron chi connectivity index (χ2n) is 6.30. The molecule has 0 spiro atoms. The summed E-state index contributed by atoms with van der Waals surface area (Å²) in [5.41, 5.74) is 0.556. The van der Waals surface area contributed by atoms with E-state index in [9.17, 15) is 13.2 Å². The first-order valence-electron chi connectivity index (χ1n) is 8.66. The van der Waals surface area contributed by atoms with Crippen LogP contribution >= 0.6 is 27.5 Å². The highest BCUT2D eigenvalue weighted by Gasteiger charge is 2.33. The highest BCUT2D eigenvalue weighted by Crippen LogP contribution is 2.35. The summed E-state index contributed by atoms with van der Waals surface area (Å²) in [6.07, 6.45) is -2.86. The molecule has 0 amide bonds. The Morgan fingerprint density at radius 1 is 1.28 bits per heavy atom. The van der Waals surface area contributed by atoms with E-state index < -0.39 is 17.8 Å². The van der Waals surface area contributed by atoms with Crippen molar-refractivity contribution in [3.8, 4) is 6.01 Å². The Bertz CT molecular complexity index is 1030. The number of benzene rings is 1. The number of nitrogens with zero attached hydrogens (tertiary/aromatic N) is 3. The zero-order valence-electron chi connectivity index (χ0n) is 15.5. The Balaban J connectivity index is 2.02. The van der Waals surface area contributed by atoms with Gasteiger partial charge in [0.2, 0.25) is 0 Å². The van der Waals surface area contributed by atoms with Gasteiger partial charge in [0.25, 0.3) is 0 Å². The molecule has 5 nitrogen and oxygen atoms in total. The SMILES string of the molecule is Cc1c([C@@H](C)Nc2nc(OCCCl)nc3cnc(Br)cc23)cccc1C(F)(F)F. The third-order valence-corrected chi connectivity index (χ3v) is 4.93. The van der Waals surface area contributed by atoms with Gasteiger partial charge in [0, 0.05) is 5.39 Å². The third-order valence-electron chi connectivity index (χ3n) is 4.34. The minimum atomic E-state index is -4.42. The van der Waals surface area contributed by atoms with E-state index in [2.05, 4.69) is 36.2 Å². The second kappa shape index (κ2) is 8.71. The van der Waals surface area contributed by atoms with Crippen molar-refractivity contribution in [2.75, 3.05) is 17.8 Å². The number of pyridine rings is 1. The maximum atomic E-state index is 13.3. The second-order valence-corrected chi connectivity index (χ2v) is 7.49. The van der Waals surface area contributed by atoms with Crippen LogP contribution in [0.5, 0.6) is 6.01 Å². The van der Waals surface area contributed by atoms with Gasteiger partial charge in [-0.15, -0.1) is 11.6 Å².